The molecular formula is C18H24N2O4. The Labute approximate surface area is 141 Å². The SMILES string of the molecule is O=C(NO)c1ccc2c(c1)CN(C(=O)C1CCCCC1)CCCO2. The van der Waals surface area contributed by atoms with Crippen LogP contribution in [0.2, 0.25) is 0 Å². The van der Waals surface area contributed by atoms with Crippen LogP contribution in [-0.4, -0.2) is 35.1 Å². The van der Waals surface area contributed by atoms with Crippen molar-refractivity contribution in [3.05, 3.63) is 29.3 Å². The molecule has 6 heteroatoms. The van der Waals surface area contributed by atoms with Crippen molar-refractivity contribution in [1.29, 1.82) is 0 Å². The zero-order valence-corrected chi connectivity index (χ0v) is 13.8. The molecule has 1 saturated carbocycles. The molecule has 0 spiro atoms. The molecular weight excluding hydrogens is 308 g/mol. The zero-order chi connectivity index (χ0) is 16.9. The Morgan fingerprint density at radius 2 is 1.96 bits per heavy atom. The smallest absolute Gasteiger partial charge is 0.274 e. The normalized spacial score (nSPS) is 18.8. The standard InChI is InChI=1S/C18H24N2O4/c21-17(19-23)14-7-8-16-15(11-14)12-20(9-4-10-24-16)18(22)13-5-2-1-3-6-13/h7-8,11,13,23H,1-6,9-10,12H2,(H,19,21). The van der Waals surface area contributed by atoms with Gasteiger partial charge in [0, 0.05) is 30.1 Å². The third kappa shape index (κ3) is 3.70. The first-order valence-corrected chi connectivity index (χ1v) is 8.68. The third-order valence-corrected chi connectivity index (χ3v) is 4.88. The van der Waals surface area contributed by atoms with Gasteiger partial charge in [0.05, 0.1) is 6.61 Å². The van der Waals surface area contributed by atoms with E-state index in [9.17, 15) is 9.59 Å². The van der Waals surface area contributed by atoms with Crippen LogP contribution < -0.4 is 10.2 Å². The lowest BCUT2D eigenvalue weighted by Gasteiger charge is -2.31. The van der Waals surface area contributed by atoms with Crippen molar-refractivity contribution in [1.82, 2.24) is 10.4 Å². The van der Waals surface area contributed by atoms with Crippen LogP contribution in [0.3, 0.4) is 0 Å². The Balaban J connectivity index is 1.81. The van der Waals surface area contributed by atoms with E-state index in [1.165, 1.54) is 6.42 Å². The molecule has 1 aliphatic carbocycles. The lowest BCUT2D eigenvalue weighted by molar-refractivity contribution is -0.137. The molecule has 1 fully saturated rings. The summed E-state index contributed by atoms with van der Waals surface area (Å²) in [5.74, 6) is 0.488. The number of nitrogens with zero attached hydrogens (tertiary/aromatic N) is 1. The Hall–Kier alpha value is -2.08. The summed E-state index contributed by atoms with van der Waals surface area (Å²) >= 11 is 0. The van der Waals surface area contributed by atoms with Crippen LogP contribution in [0.5, 0.6) is 5.75 Å². The topological polar surface area (TPSA) is 78.9 Å². The number of carbonyl (C=O) groups is 2. The van der Waals surface area contributed by atoms with Crippen LogP contribution in [0.15, 0.2) is 18.2 Å². The monoisotopic (exact) mass is 332 g/mol. The minimum absolute atomic E-state index is 0.131. The largest absolute Gasteiger partial charge is 0.493 e. The fourth-order valence-electron chi connectivity index (χ4n) is 3.57. The number of nitrogens with one attached hydrogen (secondary N) is 1. The molecule has 2 N–H and O–H groups in total. The summed E-state index contributed by atoms with van der Waals surface area (Å²) in [6, 6.07) is 5.03. The van der Waals surface area contributed by atoms with Gasteiger partial charge in [0.25, 0.3) is 5.91 Å². The van der Waals surface area contributed by atoms with Gasteiger partial charge in [0.15, 0.2) is 0 Å². The van der Waals surface area contributed by atoms with Gasteiger partial charge < -0.3 is 9.64 Å². The molecule has 1 aliphatic heterocycles. The van der Waals surface area contributed by atoms with Crippen molar-refractivity contribution in [2.75, 3.05) is 13.2 Å². The fraction of sp³-hybridized carbons (Fsp3) is 0.556. The summed E-state index contributed by atoms with van der Waals surface area (Å²) < 4.78 is 5.74. The van der Waals surface area contributed by atoms with Gasteiger partial charge in [-0.1, -0.05) is 19.3 Å². The van der Waals surface area contributed by atoms with E-state index in [1.807, 2.05) is 4.90 Å². The Morgan fingerprint density at radius 3 is 2.71 bits per heavy atom. The molecule has 0 radical (unpaired) electrons. The van der Waals surface area contributed by atoms with Gasteiger partial charge in [-0.2, -0.15) is 0 Å². The lowest BCUT2D eigenvalue weighted by atomic mass is 9.88. The van der Waals surface area contributed by atoms with Gasteiger partial charge >= 0.3 is 0 Å². The van der Waals surface area contributed by atoms with Crippen molar-refractivity contribution >= 4 is 11.8 Å². The van der Waals surface area contributed by atoms with Crippen molar-refractivity contribution in [2.45, 2.75) is 45.1 Å². The molecule has 0 saturated heterocycles. The summed E-state index contributed by atoms with van der Waals surface area (Å²) in [4.78, 5) is 26.4. The number of hydroxylamine groups is 1. The average molecular weight is 332 g/mol. The van der Waals surface area contributed by atoms with E-state index < -0.39 is 5.91 Å². The number of benzene rings is 1. The van der Waals surface area contributed by atoms with Gasteiger partial charge in [0.1, 0.15) is 5.75 Å². The molecule has 24 heavy (non-hydrogen) atoms. The predicted octanol–water partition coefficient (Wildman–Crippen LogP) is 2.50. The van der Waals surface area contributed by atoms with Gasteiger partial charge in [-0.25, -0.2) is 5.48 Å². The second-order valence-electron chi connectivity index (χ2n) is 6.56. The van der Waals surface area contributed by atoms with E-state index in [0.717, 1.165) is 37.7 Å². The second kappa shape index (κ2) is 7.66. The first kappa shape index (κ1) is 16.8. The van der Waals surface area contributed by atoms with Crippen LogP contribution in [0.25, 0.3) is 0 Å². The van der Waals surface area contributed by atoms with E-state index in [4.69, 9.17) is 9.94 Å². The summed E-state index contributed by atoms with van der Waals surface area (Å²) in [5.41, 5.74) is 2.80. The average Bonchev–Trinajstić information content (AvgIpc) is 2.61. The number of hydrogen-bond donors (Lipinski definition) is 2. The molecule has 0 unspecified atom stereocenters. The van der Waals surface area contributed by atoms with Crippen LogP contribution in [0.4, 0.5) is 0 Å². The highest BCUT2D eigenvalue weighted by Crippen LogP contribution is 2.29. The Morgan fingerprint density at radius 1 is 1.17 bits per heavy atom. The van der Waals surface area contributed by atoms with E-state index in [2.05, 4.69) is 0 Å². The van der Waals surface area contributed by atoms with Crippen LogP contribution in [0, 0.1) is 5.92 Å². The quantitative estimate of drug-likeness (QED) is 0.644. The van der Waals surface area contributed by atoms with E-state index in [1.54, 1.807) is 23.7 Å². The number of hydrogen-bond acceptors (Lipinski definition) is 4. The minimum atomic E-state index is -0.565. The predicted molar refractivity (Wildman–Crippen MR) is 87.8 cm³/mol. The first-order chi connectivity index (χ1) is 11.7. The minimum Gasteiger partial charge on any atom is -0.493 e. The molecule has 2 amide bonds. The van der Waals surface area contributed by atoms with Crippen molar-refractivity contribution in [3.8, 4) is 5.75 Å². The summed E-state index contributed by atoms with van der Waals surface area (Å²) in [5, 5.41) is 8.81. The first-order valence-electron chi connectivity index (χ1n) is 8.68. The van der Waals surface area contributed by atoms with E-state index in [0.29, 0.717) is 31.0 Å². The summed E-state index contributed by atoms with van der Waals surface area (Å²) in [7, 11) is 0. The van der Waals surface area contributed by atoms with E-state index >= 15 is 0 Å². The van der Waals surface area contributed by atoms with Crippen molar-refractivity contribution < 1.29 is 19.5 Å². The molecule has 1 aromatic rings. The highest BCUT2D eigenvalue weighted by atomic mass is 16.5. The van der Waals surface area contributed by atoms with E-state index in [-0.39, 0.29) is 11.8 Å². The van der Waals surface area contributed by atoms with Crippen LogP contribution in [-0.2, 0) is 11.3 Å². The molecule has 0 bridgehead atoms. The second-order valence-corrected chi connectivity index (χ2v) is 6.56. The number of carbonyl (C=O) groups excluding carboxylic acids is 2. The van der Waals surface area contributed by atoms with Crippen LogP contribution in [0.1, 0.15) is 54.4 Å². The molecule has 3 rings (SSSR count). The van der Waals surface area contributed by atoms with Crippen molar-refractivity contribution in [2.24, 2.45) is 5.92 Å². The Bertz CT molecular complexity index is 611. The summed E-state index contributed by atoms with van der Waals surface area (Å²) in [6.07, 6.45) is 6.24. The molecule has 130 valence electrons. The van der Waals surface area contributed by atoms with Gasteiger partial charge in [0.2, 0.25) is 5.91 Å². The highest BCUT2D eigenvalue weighted by molar-refractivity contribution is 5.93. The van der Waals surface area contributed by atoms with Gasteiger partial charge in [-0.3, -0.25) is 14.8 Å². The Kier molecular flexibility index (Phi) is 5.35. The van der Waals surface area contributed by atoms with Gasteiger partial charge in [-0.15, -0.1) is 0 Å². The van der Waals surface area contributed by atoms with Gasteiger partial charge in [-0.05, 0) is 37.5 Å². The summed E-state index contributed by atoms with van der Waals surface area (Å²) in [6.45, 7) is 1.66. The molecule has 1 heterocycles. The number of fused-ring (bicyclic) bond motifs is 1. The maximum absolute atomic E-state index is 12.9. The molecule has 1 aromatic carbocycles. The molecule has 2 aliphatic rings. The van der Waals surface area contributed by atoms with Crippen molar-refractivity contribution in [3.63, 3.8) is 0 Å². The zero-order valence-electron chi connectivity index (χ0n) is 13.8. The van der Waals surface area contributed by atoms with Crippen LogP contribution >= 0.6 is 0 Å². The number of rotatable bonds is 2. The fourth-order valence-corrected chi connectivity index (χ4v) is 3.57. The maximum Gasteiger partial charge on any atom is 0.274 e. The molecule has 6 nitrogen and oxygen atoms in total. The number of ether oxygens (including phenoxy) is 1. The molecule has 0 aromatic heterocycles. The third-order valence-electron chi connectivity index (χ3n) is 4.88. The molecule has 0 atom stereocenters. The highest BCUT2D eigenvalue weighted by Gasteiger charge is 2.27. The lowest BCUT2D eigenvalue weighted by Crippen LogP contribution is -2.38. The number of amides is 2. The maximum atomic E-state index is 12.9.